The predicted molar refractivity (Wildman–Crippen MR) is 89.1 cm³/mol. The highest BCUT2D eigenvalue weighted by Crippen LogP contribution is 2.06. The average molecular weight is 325 g/mol. The van der Waals surface area contributed by atoms with Gasteiger partial charge in [0.15, 0.2) is 0 Å². The molecule has 23 heavy (non-hydrogen) atoms. The second-order valence-electron chi connectivity index (χ2n) is 6.08. The van der Waals surface area contributed by atoms with E-state index >= 15 is 0 Å². The average Bonchev–Trinajstić information content (AvgIpc) is 2.84. The van der Waals surface area contributed by atoms with Crippen molar-refractivity contribution in [2.24, 2.45) is 5.92 Å². The molecule has 0 saturated heterocycles. The zero-order valence-corrected chi connectivity index (χ0v) is 14.7. The summed E-state index contributed by atoms with van der Waals surface area (Å²) < 4.78 is 6.19. The molecule has 1 rings (SSSR count). The maximum absolute atomic E-state index is 10.9. The van der Waals surface area contributed by atoms with Gasteiger partial charge < -0.3 is 15.2 Å². The quantitative estimate of drug-likeness (QED) is 0.837. The number of aromatic carboxylic acids is 1. The fourth-order valence-electron chi connectivity index (χ4n) is 1.62. The molecule has 2 N–H and O–H groups in total. The zero-order chi connectivity index (χ0) is 18.0. The number of carboxylic acids is 1. The van der Waals surface area contributed by atoms with E-state index in [4.69, 9.17) is 9.84 Å². The van der Waals surface area contributed by atoms with Crippen molar-refractivity contribution >= 4 is 18.1 Å². The molecule has 7 nitrogen and oxygen atoms in total. The normalized spacial score (nSPS) is 11.3. The number of methoxy groups -OCH3 is 1. The maximum Gasteiger partial charge on any atom is 0.338 e. The van der Waals surface area contributed by atoms with Gasteiger partial charge in [-0.1, -0.05) is 13.8 Å². The van der Waals surface area contributed by atoms with Crippen LogP contribution in [-0.4, -0.2) is 46.0 Å². The SMILES string of the molecule is CC(=O)NC(C)(C)/C=C/n1cc(C(=O)O)cn1.COCC(C)C. The molecule has 0 aliphatic carbocycles. The molecule has 0 fully saturated rings. The highest BCUT2D eigenvalue weighted by molar-refractivity contribution is 5.87. The summed E-state index contributed by atoms with van der Waals surface area (Å²) >= 11 is 0. The number of hydrogen-bond donors (Lipinski definition) is 2. The molecular weight excluding hydrogens is 298 g/mol. The molecule has 0 saturated carbocycles. The van der Waals surface area contributed by atoms with Crippen LogP contribution in [-0.2, 0) is 9.53 Å². The lowest BCUT2D eigenvalue weighted by Crippen LogP contribution is -2.40. The molecule has 0 unspecified atom stereocenters. The van der Waals surface area contributed by atoms with Crippen molar-refractivity contribution in [3.05, 3.63) is 24.0 Å². The first-order valence-electron chi connectivity index (χ1n) is 7.32. The lowest BCUT2D eigenvalue weighted by molar-refractivity contribution is -0.120. The third kappa shape index (κ3) is 10.2. The molecule has 1 aromatic rings. The van der Waals surface area contributed by atoms with E-state index in [2.05, 4.69) is 24.3 Å². The molecule has 1 amide bonds. The molecule has 0 atom stereocenters. The Kier molecular flexibility index (Phi) is 8.87. The molecule has 1 aromatic heterocycles. The van der Waals surface area contributed by atoms with Gasteiger partial charge >= 0.3 is 5.97 Å². The Morgan fingerprint density at radius 2 is 2.09 bits per heavy atom. The van der Waals surface area contributed by atoms with E-state index in [-0.39, 0.29) is 11.5 Å². The minimum absolute atomic E-state index is 0.118. The second kappa shape index (κ2) is 9.78. The number of carbonyl (C=O) groups excluding carboxylic acids is 1. The second-order valence-corrected chi connectivity index (χ2v) is 6.08. The van der Waals surface area contributed by atoms with Gasteiger partial charge in [0.05, 0.1) is 17.3 Å². The molecule has 0 spiro atoms. The van der Waals surface area contributed by atoms with E-state index in [1.807, 2.05) is 13.8 Å². The first-order chi connectivity index (χ1) is 10.6. The number of nitrogens with zero attached hydrogens (tertiary/aromatic N) is 2. The van der Waals surface area contributed by atoms with Crippen molar-refractivity contribution in [1.82, 2.24) is 15.1 Å². The third-order valence-corrected chi connectivity index (χ3v) is 2.49. The van der Waals surface area contributed by atoms with Crippen molar-refractivity contribution in [1.29, 1.82) is 0 Å². The largest absolute Gasteiger partial charge is 0.478 e. The molecule has 0 aliphatic heterocycles. The van der Waals surface area contributed by atoms with E-state index in [9.17, 15) is 9.59 Å². The zero-order valence-electron chi connectivity index (χ0n) is 14.7. The topological polar surface area (TPSA) is 93.5 Å². The monoisotopic (exact) mass is 325 g/mol. The van der Waals surface area contributed by atoms with Gasteiger partial charge in [-0.2, -0.15) is 5.10 Å². The van der Waals surface area contributed by atoms with Gasteiger partial charge in [-0.05, 0) is 25.8 Å². The van der Waals surface area contributed by atoms with Crippen LogP contribution >= 0.6 is 0 Å². The fourth-order valence-corrected chi connectivity index (χ4v) is 1.62. The fraction of sp³-hybridized carbons (Fsp3) is 0.562. The van der Waals surface area contributed by atoms with Crippen molar-refractivity contribution < 1.29 is 19.4 Å². The number of hydrogen-bond acceptors (Lipinski definition) is 4. The van der Waals surface area contributed by atoms with Crippen LogP contribution < -0.4 is 5.32 Å². The Balaban J connectivity index is 0.000000688. The number of rotatable bonds is 6. The Morgan fingerprint density at radius 3 is 2.43 bits per heavy atom. The van der Waals surface area contributed by atoms with Gasteiger partial charge in [0.2, 0.25) is 5.91 Å². The van der Waals surface area contributed by atoms with Crippen LogP contribution in [0.2, 0.25) is 0 Å². The number of aromatic nitrogens is 2. The standard InChI is InChI=1S/C11H15N3O3.C5H12O/c1-8(15)13-11(2,3)4-5-14-7-9(6-12-14)10(16)17;1-5(2)4-6-3/h4-7H,1-3H3,(H,13,15)(H,16,17);5H,4H2,1-3H3/b5-4+;. The Bertz CT molecular complexity index is 533. The summed E-state index contributed by atoms with van der Waals surface area (Å²) in [5, 5.41) is 15.3. The number of carbonyl (C=O) groups is 2. The van der Waals surface area contributed by atoms with E-state index in [1.165, 1.54) is 24.0 Å². The summed E-state index contributed by atoms with van der Waals surface area (Å²) in [7, 11) is 1.72. The smallest absolute Gasteiger partial charge is 0.338 e. The first-order valence-corrected chi connectivity index (χ1v) is 7.32. The van der Waals surface area contributed by atoms with Gasteiger partial charge in [0.1, 0.15) is 0 Å². The summed E-state index contributed by atoms with van der Waals surface area (Å²) in [6.07, 6.45) is 5.98. The highest BCUT2D eigenvalue weighted by atomic mass is 16.5. The summed E-state index contributed by atoms with van der Waals surface area (Å²) in [5.41, 5.74) is -0.395. The number of ether oxygens (including phenoxy) is 1. The number of amides is 1. The van der Waals surface area contributed by atoms with Crippen LogP contribution in [0.15, 0.2) is 18.5 Å². The van der Waals surface area contributed by atoms with Crippen LogP contribution in [0.4, 0.5) is 0 Å². The van der Waals surface area contributed by atoms with Crippen LogP contribution in [0.3, 0.4) is 0 Å². The van der Waals surface area contributed by atoms with Gasteiger partial charge in [-0.15, -0.1) is 0 Å². The molecule has 0 aromatic carbocycles. The predicted octanol–water partition coefficient (Wildman–Crippen LogP) is 2.26. The lowest BCUT2D eigenvalue weighted by atomic mass is 10.1. The number of carboxylic acid groups (broad SMARTS) is 1. The van der Waals surface area contributed by atoms with Crippen LogP contribution in [0.5, 0.6) is 0 Å². The first kappa shape index (κ1) is 20.9. The van der Waals surface area contributed by atoms with E-state index in [1.54, 1.807) is 19.4 Å². The minimum Gasteiger partial charge on any atom is -0.478 e. The Morgan fingerprint density at radius 1 is 1.48 bits per heavy atom. The van der Waals surface area contributed by atoms with Crippen molar-refractivity contribution in [2.75, 3.05) is 13.7 Å². The van der Waals surface area contributed by atoms with Crippen LogP contribution in [0, 0.1) is 5.92 Å². The van der Waals surface area contributed by atoms with Gasteiger partial charge in [0, 0.05) is 33.0 Å². The number of nitrogens with one attached hydrogen (secondary N) is 1. The van der Waals surface area contributed by atoms with E-state index in [0.29, 0.717) is 5.92 Å². The van der Waals surface area contributed by atoms with Crippen LogP contribution in [0.25, 0.3) is 6.20 Å². The summed E-state index contributed by atoms with van der Waals surface area (Å²) in [5.74, 6) is -0.480. The highest BCUT2D eigenvalue weighted by Gasteiger charge is 2.14. The van der Waals surface area contributed by atoms with Gasteiger partial charge in [0.25, 0.3) is 0 Å². The van der Waals surface area contributed by atoms with Gasteiger partial charge in [-0.25, -0.2) is 9.48 Å². The lowest BCUT2D eigenvalue weighted by Gasteiger charge is -2.20. The van der Waals surface area contributed by atoms with Crippen molar-refractivity contribution in [2.45, 2.75) is 40.2 Å². The molecule has 0 aliphatic rings. The van der Waals surface area contributed by atoms with E-state index in [0.717, 1.165) is 6.61 Å². The van der Waals surface area contributed by atoms with Crippen molar-refractivity contribution in [3.8, 4) is 0 Å². The molecular formula is C16H27N3O4. The maximum atomic E-state index is 10.9. The summed E-state index contributed by atoms with van der Waals surface area (Å²) in [6, 6.07) is 0. The summed E-state index contributed by atoms with van der Waals surface area (Å²) in [4.78, 5) is 21.5. The minimum atomic E-state index is -1.02. The van der Waals surface area contributed by atoms with Gasteiger partial charge in [-0.3, -0.25) is 4.79 Å². The Labute approximate surface area is 137 Å². The third-order valence-electron chi connectivity index (χ3n) is 2.49. The molecule has 7 heteroatoms. The summed E-state index contributed by atoms with van der Waals surface area (Å²) in [6.45, 7) is 10.2. The van der Waals surface area contributed by atoms with Crippen molar-refractivity contribution in [3.63, 3.8) is 0 Å². The van der Waals surface area contributed by atoms with E-state index < -0.39 is 11.5 Å². The molecule has 1 heterocycles. The van der Waals surface area contributed by atoms with Crippen LogP contribution in [0.1, 0.15) is 45.0 Å². The molecule has 0 radical (unpaired) electrons. The molecule has 0 bridgehead atoms. The molecule has 130 valence electrons. The Hall–Kier alpha value is -2.15.